The molecule has 1 aromatic carbocycles. The minimum atomic E-state index is -0.275. The number of aromatic nitrogens is 1. The summed E-state index contributed by atoms with van der Waals surface area (Å²) in [5.74, 6) is 0.182. The monoisotopic (exact) mass is 380 g/mol. The molecule has 5 heteroatoms. The molecule has 0 radical (unpaired) electrons. The van der Waals surface area contributed by atoms with Crippen LogP contribution in [-0.2, 0) is 27.3 Å². The fraction of sp³-hybridized carbons (Fsp3) is 0.435. The summed E-state index contributed by atoms with van der Waals surface area (Å²) in [6, 6.07) is 11.9. The second-order valence-corrected chi connectivity index (χ2v) is 7.28. The first-order valence-corrected chi connectivity index (χ1v) is 10.0. The molecule has 3 rings (SSSR count). The number of ether oxygens (including phenoxy) is 1. The summed E-state index contributed by atoms with van der Waals surface area (Å²) in [4.78, 5) is 31.0. The zero-order chi connectivity index (χ0) is 20.1. The van der Waals surface area contributed by atoms with Gasteiger partial charge in [0.25, 0.3) is 0 Å². The molecule has 0 unspecified atom stereocenters. The maximum absolute atomic E-state index is 12.6. The van der Waals surface area contributed by atoms with Crippen molar-refractivity contribution >= 4 is 11.9 Å². The van der Waals surface area contributed by atoms with E-state index in [1.807, 2.05) is 30.0 Å². The van der Waals surface area contributed by atoms with Crippen molar-refractivity contribution in [2.75, 3.05) is 13.2 Å². The number of benzene rings is 1. The molecular weight excluding hydrogens is 352 g/mol. The number of rotatable bonds is 8. The molecule has 0 N–H and O–H groups in total. The van der Waals surface area contributed by atoms with E-state index in [0.717, 1.165) is 35.2 Å². The highest BCUT2D eigenvalue weighted by Crippen LogP contribution is 2.32. The van der Waals surface area contributed by atoms with E-state index >= 15 is 0 Å². The zero-order valence-electron chi connectivity index (χ0n) is 16.9. The number of esters is 1. The largest absolute Gasteiger partial charge is 0.466 e. The number of amides is 1. The number of hydrogen-bond donors (Lipinski definition) is 0. The molecule has 5 nitrogen and oxygen atoms in total. The summed E-state index contributed by atoms with van der Waals surface area (Å²) in [6.45, 7) is 7.50. The van der Waals surface area contributed by atoms with Crippen LogP contribution in [0.2, 0.25) is 0 Å². The molecule has 1 saturated carbocycles. The molecule has 1 heterocycles. The molecule has 1 aromatic heterocycles. The Balaban J connectivity index is 1.87. The van der Waals surface area contributed by atoms with E-state index in [-0.39, 0.29) is 24.2 Å². The van der Waals surface area contributed by atoms with Gasteiger partial charge in [0.2, 0.25) is 5.91 Å². The van der Waals surface area contributed by atoms with Crippen LogP contribution in [0.4, 0.5) is 0 Å². The molecule has 28 heavy (non-hydrogen) atoms. The van der Waals surface area contributed by atoms with Crippen LogP contribution in [0.1, 0.15) is 43.5 Å². The smallest absolute Gasteiger partial charge is 0.311 e. The van der Waals surface area contributed by atoms with Crippen LogP contribution < -0.4 is 0 Å². The number of carbonyl (C=O) groups excluding carboxylic acids is 2. The summed E-state index contributed by atoms with van der Waals surface area (Å²) in [5.41, 5.74) is 4.72. The lowest BCUT2D eigenvalue weighted by atomic mass is 10.00. The molecule has 0 spiro atoms. The first-order chi connectivity index (χ1) is 13.5. The van der Waals surface area contributed by atoms with E-state index in [2.05, 4.69) is 30.1 Å². The summed E-state index contributed by atoms with van der Waals surface area (Å²) < 4.78 is 5.03. The van der Waals surface area contributed by atoms with E-state index < -0.39 is 0 Å². The topological polar surface area (TPSA) is 59.5 Å². The van der Waals surface area contributed by atoms with Crippen molar-refractivity contribution in [3.63, 3.8) is 0 Å². The van der Waals surface area contributed by atoms with E-state index in [4.69, 9.17) is 4.74 Å². The maximum Gasteiger partial charge on any atom is 0.311 e. The Morgan fingerprint density at radius 3 is 2.64 bits per heavy atom. The number of nitrogens with zero attached hydrogens (tertiary/aromatic N) is 2. The van der Waals surface area contributed by atoms with Gasteiger partial charge in [-0.05, 0) is 51.3 Å². The third-order valence-electron chi connectivity index (χ3n) is 4.96. The van der Waals surface area contributed by atoms with Crippen molar-refractivity contribution < 1.29 is 14.3 Å². The van der Waals surface area contributed by atoms with Gasteiger partial charge in [-0.1, -0.05) is 29.8 Å². The van der Waals surface area contributed by atoms with Crippen molar-refractivity contribution in [1.82, 2.24) is 9.88 Å². The van der Waals surface area contributed by atoms with Crippen molar-refractivity contribution in [2.45, 2.75) is 46.6 Å². The van der Waals surface area contributed by atoms with Crippen molar-refractivity contribution in [2.24, 2.45) is 5.92 Å². The second kappa shape index (κ2) is 9.00. The molecule has 0 atom stereocenters. The third kappa shape index (κ3) is 4.97. The van der Waals surface area contributed by atoms with Gasteiger partial charge in [0.15, 0.2) is 0 Å². The fourth-order valence-corrected chi connectivity index (χ4v) is 3.33. The second-order valence-electron chi connectivity index (χ2n) is 7.28. The van der Waals surface area contributed by atoms with E-state index in [0.29, 0.717) is 25.4 Å². The number of hydrogen-bond acceptors (Lipinski definition) is 4. The third-order valence-corrected chi connectivity index (χ3v) is 4.96. The minimum Gasteiger partial charge on any atom is -0.466 e. The van der Waals surface area contributed by atoms with Crippen LogP contribution in [0.25, 0.3) is 11.3 Å². The van der Waals surface area contributed by atoms with E-state index in [9.17, 15) is 9.59 Å². The highest BCUT2D eigenvalue weighted by atomic mass is 16.5. The number of pyridine rings is 1. The molecule has 1 amide bonds. The van der Waals surface area contributed by atoms with Crippen LogP contribution in [0.3, 0.4) is 0 Å². The van der Waals surface area contributed by atoms with Crippen LogP contribution in [-0.4, -0.2) is 34.9 Å². The Bertz CT molecular complexity index is 859. The van der Waals surface area contributed by atoms with Gasteiger partial charge in [0.1, 0.15) is 0 Å². The fourth-order valence-electron chi connectivity index (χ4n) is 3.33. The Morgan fingerprint density at radius 1 is 1.18 bits per heavy atom. The predicted molar refractivity (Wildman–Crippen MR) is 109 cm³/mol. The number of carbonyl (C=O) groups is 2. The Labute approximate surface area is 166 Å². The predicted octanol–water partition coefficient (Wildman–Crippen LogP) is 3.92. The van der Waals surface area contributed by atoms with E-state index in [1.165, 1.54) is 0 Å². The molecule has 1 fully saturated rings. The summed E-state index contributed by atoms with van der Waals surface area (Å²) >= 11 is 0. The van der Waals surface area contributed by atoms with Gasteiger partial charge in [-0.2, -0.15) is 0 Å². The molecule has 1 aliphatic carbocycles. The van der Waals surface area contributed by atoms with Crippen LogP contribution in [0.15, 0.2) is 36.4 Å². The van der Waals surface area contributed by atoms with Crippen LogP contribution in [0, 0.1) is 12.8 Å². The van der Waals surface area contributed by atoms with Gasteiger partial charge in [0.05, 0.1) is 24.4 Å². The maximum atomic E-state index is 12.6. The highest BCUT2D eigenvalue weighted by Gasteiger charge is 2.33. The van der Waals surface area contributed by atoms with Gasteiger partial charge in [-0.3, -0.25) is 14.6 Å². The van der Waals surface area contributed by atoms with Crippen LogP contribution >= 0.6 is 0 Å². The van der Waals surface area contributed by atoms with Gasteiger partial charge < -0.3 is 9.64 Å². The quantitative estimate of drug-likeness (QED) is 0.651. The Hall–Kier alpha value is -2.69. The lowest BCUT2D eigenvalue weighted by Gasteiger charge is -2.23. The molecule has 0 bridgehead atoms. The van der Waals surface area contributed by atoms with Crippen molar-refractivity contribution in [3.05, 3.63) is 53.2 Å². The first-order valence-electron chi connectivity index (χ1n) is 10.0. The van der Waals surface area contributed by atoms with Gasteiger partial charge in [-0.15, -0.1) is 0 Å². The molecule has 1 aliphatic rings. The summed E-state index contributed by atoms with van der Waals surface area (Å²) in [5, 5.41) is 0. The van der Waals surface area contributed by atoms with Crippen LogP contribution in [0.5, 0.6) is 0 Å². The summed E-state index contributed by atoms with van der Waals surface area (Å²) in [7, 11) is 0. The van der Waals surface area contributed by atoms with Gasteiger partial charge >= 0.3 is 5.97 Å². The average Bonchev–Trinajstić information content (AvgIpc) is 3.51. The van der Waals surface area contributed by atoms with Crippen molar-refractivity contribution in [3.8, 4) is 11.3 Å². The Morgan fingerprint density at radius 2 is 1.96 bits per heavy atom. The minimum absolute atomic E-state index is 0.157. The molecule has 0 saturated heterocycles. The number of aryl methyl sites for hydroxylation is 1. The molecule has 2 aromatic rings. The highest BCUT2D eigenvalue weighted by molar-refractivity contribution is 5.81. The van der Waals surface area contributed by atoms with Gasteiger partial charge in [-0.25, -0.2) is 0 Å². The van der Waals surface area contributed by atoms with Gasteiger partial charge in [0, 0.05) is 24.6 Å². The molecular formula is C23H28N2O3. The lowest BCUT2D eigenvalue weighted by molar-refractivity contribution is -0.142. The van der Waals surface area contributed by atoms with Crippen molar-refractivity contribution in [1.29, 1.82) is 0 Å². The summed E-state index contributed by atoms with van der Waals surface area (Å²) in [6.07, 6.45) is 2.17. The van der Waals surface area contributed by atoms with E-state index in [1.54, 1.807) is 6.92 Å². The Kier molecular flexibility index (Phi) is 6.45. The molecule has 0 aliphatic heterocycles. The average molecular weight is 380 g/mol. The zero-order valence-corrected chi connectivity index (χ0v) is 16.9. The molecule has 148 valence electrons. The lowest BCUT2D eigenvalue weighted by Crippen LogP contribution is -2.31. The first kappa shape index (κ1) is 20.1. The SMILES string of the molecule is CCOC(=O)Cc1cccc(-c2ccc(C)cc2CN(CC)C(=O)C2CC2)n1. The normalized spacial score (nSPS) is 13.2. The standard InChI is InChI=1S/C23H28N2O3/c1-4-25(23(27)17-10-11-17)15-18-13-16(3)9-12-20(18)21-8-6-7-19(24-21)14-22(26)28-5-2/h6-9,12-13,17H,4-5,10-11,14-15H2,1-3H3.